The summed E-state index contributed by atoms with van der Waals surface area (Å²) in [5.41, 5.74) is 4.85. The van der Waals surface area contributed by atoms with Crippen molar-refractivity contribution in [3.05, 3.63) is 0 Å². The zero-order valence-corrected chi connectivity index (χ0v) is 6.36. The van der Waals surface area contributed by atoms with Crippen LogP contribution in [0.3, 0.4) is 0 Å². The first-order valence-corrected chi connectivity index (χ1v) is 5.00. The van der Waals surface area contributed by atoms with E-state index in [1.165, 1.54) is 0 Å². The minimum absolute atomic E-state index is 0.414. The van der Waals surface area contributed by atoms with Crippen molar-refractivity contribution in [2.75, 3.05) is 0 Å². The Kier molecular flexibility index (Phi) is 3.37. The van der Waals surface area contributed by atoms with Crippen LogP contribution in [0.2, 0.25) is 5.32 Å². The summed E-state index contributed by atoms with van der Waals surface area (Å²) in [5, 5.41) is 7.64. The fraction of sp³-hybridized carbons (Fsp3) is 0.667. The van der Waals surface area contributed by atoms with E-state index in [0.29, 0.717) is 0 Å². The first kappa shape index (κ1) is 8.55. The Labute approximate surface area is 55.1 Å². The molecule has 0 heterocycles. The molecule has 0 aliphatic carbocycles. The third-order valence-electron chi connectivity index (χ3n) is 0.663. The van der Waals surface area contributed by atoms with Gasteiger partial charge in [0, 0.05) is 0 Å². The van der Waals surface area contributed by atoms with Crippen molar-refractivity contribution in [1.82, 2.24) is 0 Å². The molecule has 0 bridgehead atoms. The molecular formula is C3H7NO4Se. The predicted molar refractivity (Wildman–Crippen MR) is 28.9 cm³/mol. The van der Waals surface area contributed by atoms with Crippen LogP contribution in [0.15, 0.2) is 0 Å². The molecule has 0 aliphatic heterocycles. The summed E-state index contributed by atoms with van der Waals surface area (Å²) in [6.45, 7) is 0. The molecular weight excluding hydrogens is 193 g/mol. The molecule has 0 radical (unpaired) electrons. The number of rotatable bonds is 3. The molecule has 0 saturated carbocycles. The Hall–Kier alpha value is -0.451. The molecule has 0 aromatic rings. The second-order valence-electron chi connectivity index (χ2n) is 1.46. The van der Waals surface area contributed by atoms with E-state index in [-0.39, 0.29) is 0 Å². The summed E-state index contributed by atoms with van der Waals surface area (Å²) in [4.78, 5) is 9.86. The van der Waals surface area contributed by atoms with Gasteiger partial charge in [0.1, 0.15) is 0 Å². The first-order valence-electron chi connectivity index (χ1n) is 2.14. The molecule has 5 nitrogen and oxygen atoms in total. The van der Waals surface area contributed by atoms with Crippen LogP contribution in [0.1, 0.15) is 0 Å². The molecule has 0 aromatic heterocycles. The van der Waals surface area contributed by atoms with E-state index < -0.39 is 31.1 Å². The molecule has 0 spiro atoms. The van der Waals surface area contributed by atoms with Crippen LogP contribution in [0.5, 0.6) is 0 Å². The Morgan fingerprint density at radius 1 is 1.67 bits per heavy atom. The van der Waals surface area contributed by atoms with E-state index in [0.717, 1.165) is 0 Å². The molecule has 1 atom stereocenters. The third kappa shape index (κ3) is 4.08. The summed E-state index contributed by atoms with van der Waals surface area (Å²) in [7, 11) is 0. The van der Waals surface area contributed by atoms with Gasteiger partial charge in [-0.3, -0.25) is 0 Å². The van der Waals surface area contributed by atoms with Crippen LogP contribution in [0.25, 0.3) is 0 Å². The van der Waals surface area contributed by atoms with E-state index in [1.54, 1.807) is 0 Å². The fourth-order valence-corrected chi connectivity index (χ4v) is 1.24. The van der Waals surface area contributed by atoms with Crippen LogP contribution < -0.4 is 5.73 Å². The van der Waals surface area contributed by atoms with Gasteiger partial charge in [0.15, 0.2) is 0 Å². The molecule has 0 amide bonds. The van der Waals surface area contributed by atoms with Crippen molar-refractivity contribution in [3.63, 3.8) is 0 Å². The Bertz CT molecular complexity index is 167. The molecule has 0 saturated heterocycles. The number of hydrogen-bond acceptors (Lipinski definition) is 4. The van der Waals surface area contributed by atoms with E-state index in [9.17, 15) is 12.5 Å². The monoisotopic (exact) mass is 201 g/mol. The topological polar surface area (TPSA) is 97.5 Å². The normalized spacial score (nSPS) is 13.6. The van der Waals surface area contributed by atoms with Gasteiger partial charge in [-0.25, -0.2) is 0 Å². The molecule has 6 heteroatoms. The van der Waals surface area contributed by atoms with Crippen LogP contribution >= 0.6 is 0 Å². The summed E-state index contributed by atoms with van der Waals surface area (Å²) < 4.78 is 19.8. The number of carboxylic acid groups (broad SMARTS) is 1. The summed E-state index contributed by atoms with van der Waals surface area (Å²) >= 11 is -3.35. The predicted octanol–water partition coefficient (Wildman–Crippen LogP) is -1.52. The average Bonchev–Trinajstić information content (AvgIpc) is 1.63. The maximum absolute atomic E-state index is 9.89. The van der Waals surface area contributed by atoms with Crippen LogP contribution in [0, 0.1) is 0 Å². The van der Waals surface area contributed by atoms with E-state index in [2.05, 4.69) is 0 Å². The quantitative estimate of drug-likeness (QED) is 0.539. The van der Waals surface area contributed by atoms with Crippen molar-refractivity contribution >= 4 is 19.7 Å². The van der Waals surface area contributed by atoms with Gasteiger partial charge in [0.25, 0.3) is 0 Å². The van der Waals surface area contributed by atoms with Gasteiger partial charge in [0.05, 0.1) is 0 Å². The first-order chi connectivity index (χ1) is 4.04. The molecule has 9 heavy (non-hydrogen) atoms. The Morgan fingerprint density at radius 3 is 2.22 bits per heavy atom. The standard InChI is InChI=1S/C3H7NO4Se/c4-2(3(5)6)1-9(7)8/h2,9H,1,4H2,(H,5,6). The van der Waals surface area contributed by atoms with E-state index in [1.807, 2.05) is 0 Å². The zero-order chi connectivity index (χ0) is 7.44. The van der Waals surface area contributed by atoms with Crippen LogP contribution in [0.4, 0.5) is 0 Å². The van der Waals surface area contributed by atoms with Gasteiger partial charge in [0.2, 0.25) is 0 Å². The zero-order valence-electron chi connectivity index (χ0n) is 4.48. The van der Waals surface area contributed by atoms with Crippen molar-refractivity contribution in [3.8, 4) is 0 Å². The molecule has 0 fully saturated rings. The van der Waals surface area contributed by atoms with Gasteiger partial charge in [-0.1, -0.05) is 0 Å². The summed E-state index contributed by atoms with van der Waals surface area (Å²) in [5.74, 6) is -1.28. The van der Waals surface area contributed by atoms with Crippen LogP contribution in [-0.2, 0) is 12.5 Å². The van der Waals surface area contributed by atoms with Crippen molar-refractivity contribution in [1.29, 1.82) is 0 Å². The van der Waals surface area contributed by atoms with Gasteiger partial charge in [-0.05, 0) is 0 Å². The van der Waals surface area contributed by atoms with Gasteiger partial charge in [-0.2, -0.15) is 0 Å². The van der Waals surface area contributed by atoms with Gasteiger partial charge < -0.3 is 0 Å². The average molecular weight is 200 g/mol. The number of hydrogen-bond donors (Lipinski definition) is 2. The second-order valence-corrected chi connectivity index (χ2v) is 3.62. The Balaban J connectivity index is 3.77. The Morgan fingerprint density at radius 2 is 2.11 bits per heavy atom. The van der Waals surface area contributed by atoms with Gasteiger partial charge in [-0.15, -0.1) is 0 Å². The second kappa shape index (κ2) is 3.55. The minimum atomic E-state index is -3.35. The van der Waals surface area contributed by atoms with E-state index in [4.69, 9.17) is 10.8 Å². The molecule has 0 rings (SSSR count). The summed E-state index contributed by atoms with van der Waals surface area (Å²) in [6, 6.07) is -1.25. The van der Waals surface area contributed by atoms with Crippen molar-refractivity contribution in [2.24, 2.45) is 5.73 Å². The SMILES string of the molecule is NC(C[SeH](=O)=O)C(=O)O. The van der Waals surface area contributed by atoms with Crippen LogP contribution in [-0.4, -0.2) is 30.9 Å². The fourth-order valence-electron chi connectivity index (χ4n) is 0.239. The number of nitrogens with two attached hydrogens (primary N) is 1. The van der Waals surface area contributed by atoms with Crippen molar-refractivity contribution in [2.45, 2.75) is 11.4 Å². The molecule has 3 N–H and O–H groups in total. The van der Waals surface area contributed by atoms with E-state index >= 15 is 0 Å². The molecule has 0 aromatic carbocycles. The number of carbonyl (C=O) groups is 1. The maximum atomic E-state index is 9.89. The number of carboxylic acids is 1. The molecule has 54 valence electrons. The van der Waals surface area contributed by atoms with Gasteiger partial charge >= 0.3 is 54.4 Å². The summed E-state index contributed by atoms with van der Waals surface area (Å²) in [6.07, 6.45) is 0. The molecule has 0 aliphatic rings. The van der Waals surface area contributed by atoms with Crippen molar-refractivity contribution < 1.29 is 17.6 Å². The molecule has 1 unspecified atom stereocenters. The number of aliphatic carboxylic acids is 1. The third-order valence-corrected chi connectivity index (χ3v) is 2.11.